The SMILES string of the molecule is Cc1ccc(CSc2nc(CC(=O)Nc3onc4c3CCCC4)cs2)cc1. The molecular formula is C20H21N3O2S2. The summed E-state index contributed by atoms with van der Waals surface area (Å²) in [5.41, 5.74) is 5.37. The van der Waals surface area contributed by atoms with Gasteiger partial charge in [0.2, 0.25) is 11.8 Å². The number of thioether (sulfide) groups is 1. The van der Waals surface area contributed by atoms with Crippen LogP contribution in [-0.2, 0) is 29.8 Å². The molecule has 0 aliphatic heterocycles. The van der Waals surface area contributed by atoms with Gasteiger partial charge in [0.15, 0.2) is 0 Å². The topological polar surface area (TPSA) is 68.0 Å². The lowest BCUT2D eigenvalue weighted by molar-refractivity contribution is -0.115. The van der Waals surface area contributed by atoms with E-state index in [9.17, 15) is 4.79 Å². The van der Waals surface area contributed by atoms with Crippen LogP contribution in [0.25, 0.3) is 0 Å². The molecule has 1 aliphatic carbocycles. The Morgan fingerprint density at radius 2 is 2.07 bits per heavy atom. The maximum absolute atomic E-state index is 12.3. The summed E-state index contributed by atoms with van der Waals surface area (Å²) in [6.07, 6.45) is 4.35. The van der Waals surface area contributed by atoms with Gasteiger partial charge in [0, 0.05) is 16.7 Å². The van der Waals surface area contributed by atoms with E-state index in [1.54, 1.807) is 23.1 Å². The molecule has 0 saturated heterocycles. The summed E-state index contributed by atoms with van der Waals surface area (Å²) in [6, 6.07) is 8.52. The van der Waals surface area contributed by atoms with E-state index in [1.807, 2.05) is 5.38 Å². The summed E-state index contributed by atoms with van der Waals surface area (Å²) in [5.74, 6) is 1.28. The second-order valence-corrected chi connectivity index (χ2v) is 8.83. The van der Waals surface area contributed by atoms with Crippen molar-refractivity contribution in [2.45, 2.75) is 49.1 Å². The quantitative estimate of drug-likeness (QED) is 0.604. The molecule has 1 N–H and O–H groups in total. The number of carbonyl (C=O) groups excluding carboxylic acids is 1. The van der Waals surface area contributed by atoms with Crippen molar-refractivity contribution in [1.82, 2.24) is 10.1 Å². The third kappa shape index (κ3) is 4.59. The Morgan fingerprint density at radius 1 is 1.26 bits per heavy atom. The molecule has 4 rings (SSSR count). The van der Waals surface area contributed by atoms with Crippen molar-refractivity contribution >= 4 is 34.9 Å². The van der Waals surface area contributed by atoms with Crippen molar-refractivity contribution in [3.05, 3.63) is 57.7 Å². The van der Waals surface area contributed by atoms with E-state index < -0.39 is 0 Å². The highest BCUT2D eigenvalue weighted by molar-refractivity contribution is 8.00. The zero-order valence-electron chi connectivity index (χ0n) is 15.2. The van der Waals surface area contributed by atoms with E-state index in [0.29, 0.717) is 5.88 Å². The maximum atomic E-state index is 12.3. The largest absolute Gasteiger partial charge is 0.338 e. The Morgan fingerprint density at radius 3 is 2.93 bits per heavy atom. The van der Waals surface area contributed by atoms with Crippen LogP contribution < -0.4 is 5.32 Å². The van der Waals surface area contributed by atoms with Gasteiger partial charge in [0.1, 0.15) is 4.34 Å². The van der Waals surface area contributed by atoms with Gasteiger partial charge in [-0.1, -0.05) is 46.7 Å². The summed E-state index contributed by atoms with van der Waals surface area (Å²) in [7, 11) is 0. The van der Waals surface area contributed by atoms with Gasteiger partial charge in [-0.2, -0.15) is 0 Å². The highest BCUT2D eigenvalue weighted by atomic mass is 32.2. The van der Waals surface area contributed by atoms with Crippen molar-refractivity contribution in [1.29, 1.82) is 0 Å². The molecule has 1 aliphatic rings. The number of aromatic nitrogens is 2. The predicted octanol–water partition coefficient (Wildman–Crippen LogP) is 4.79. The van der Waals surface area contributed by atoms with Crippen LogP contribution in [0.15, 0.2) is 38.5 Å². The number of hydrogen-bond donors (Lipinski definition) is 1. The Balaban J connectivity index is 1.31. The molecule has 2 heterocycles. The normalized spacial score (nSPS) is 13.4. The summed E-state index contributed by atoms with van der Waals surface area (Å²) < 4.78 is 6.31. The molecule has 7 heteroatoms. The van der Waals surface area contributed by atoms with Crippen LogP contribution in [-0.4, -0.2) is 16.0 Å². The molecule has 3 aromatic rings. The van der Waals surface area contributed by atoms with Crippen LogP contribution in [0.2, 0.25) is 0 Å². The number of benzene rings is 1. The minimum Gasteiger partial charge on any atom is -0.338 e. The minimum absolute atomic E-state index is 0.111. The standard InChI is InChI=1S/C20H21N3O2S2/c1-13-6-8-14(9-7-13)11-26-20-21-15(12-27-20)10-18(24)22-19-16-4-2-3-5-17(16)23-25-19/h6-9,12H,2-5,10-11H2,1H3,(H,22,24). The number of fused-ring (bicyclic) bond motifs is 1. The van der Waals surface area contributed by atoms with Gasteiger partial charge >= 0.3 is 0 Å². The van der Waals surface area contributed by atoms with Crippen molar-refractivity contribution in [3.8, 4) is 0 Å². The Bertz CT molecular complexity index is 931. The number of hydrogen-bond acceptors (Lipinski definition) is 6. The average molecular weight is 400 g/mol. The van der Waals surface area contributed by atoms with Gasteiger partial charge in [0.25, 0.3) is 0 Å². The fraction of sp³-hybridized carbons (Fsp3) is 0.350. The van der Waals surface area contributed by atoms with Crippen LogP contribution in [0, 0.1) is 6.92 Å². The van der Waals surface area contributed by atoms with Crippen LogP contribution in [0.1, 0.15) is 40.9 Å². The molecule has 27 heavy (non-hydrogen) atoms. The molecule has 0 fully saturated rings. The monoisotopic (exact) mass is 399 g/mol. The van der Waals surface area contributed by atoms with Crippen LogP contribution in [0.5, 0.6) is 0 Å². The molecule has 0 spiro atoms. The first-order valence-electron chi connectivity index (χ1n) is 9.07. The maximum Gasteiger partial charge on any atom is 0.234 e. The Hall–Kier alpha value is -2.12. The lowest BCUT2D eigenvalue weighted by Crippen LogP contribution is -2.15. The molecule has 0 radical (unpaired) electrons. The van der Waals surface area contributed by atoms with E-state index in [1.165, 1.54) is 11.1 Å². The average Bonchev–Trinajstić information content (AvgIpc) is 3.29. The first-order valence-corrected chi connectivity index (χ1v) is 10.9. The molecule has 0 atom stereocenters. The number of anilines is 1. The highest BCUT2D eigenvalue weighted by Gasteiger charge is 2.21. The number of aryl methyl sites for hydroxylation is 2. The number of nitrogens with zero attached hydrogens (tertiary/aromatic N) is 2. The van der Waals surface area contributed by atoms with Crippen LogP contribution >= 0.6 is 23.1 Å². The van der Waals surface area contributed by atoms with Crippen molar-refractivity contribution in [3.63, 3.8) is 0 Å². The van der Waals surface area contributed by atoms with Gasteiger partial charge in [-0.3, -0.25) is 10.1 Å². The lowest BCUT2D eigenvalue weighted by Gasteiger charge is -2.09. The summed E-state index contributed by atoms with van der Waals surface area (Å²) in [4.78, 5) is 16.9. The number of nitrogens with one attached hydrogen (secondary N) is 1. The molecule has 140 valence electrons. The highest BCUT2D eigenvalue weighted by Crippen LogP contribution is 2.28. The van der Waals surface area contributed by atoms with Crippen molar-refractivity contribution < 1.29 is 9.32 Å². The van der Waals surface area contributed by atoms with Gasteiger partial charge in [-0.15, -0.1) is 11.3 Å². The zero-order chi connectivity index (χ0) is 18.6. The van der Waals surface area contributed by atoms with E-state index >= 15 is 0 Å². The molecule has 5 nitrogen and oxygen atoms in total. The smallest absolute Gasteiger partial charge is 0.234 e. The molecule has 0 unspecified atom stereocenters. The number of rotatable bonds is 6. The fourth-order valence-electron chi connectivity index (χ4n) is 3.09. The molecule has 1 amide bonds. The number of amides is 1. The van der Waals surface area contributed by atoms with Crippen LogP contribution in [0.4, 0.5) is 5.88 Å². The van der Waals surface area contributed by atoms with E-state index in [4.69, 9.17) is 4.52 Å². The summed E-state index contributed by atoms with van der Waals surface area (Å²) in [6.45, 7) is 2.09. The second kappa shape index (κ2) is 8.27. The molecular weight excluding hydrogens is 378 g/mol. The molecule has 0 saturated carbocycles. The lowest BCUT2D eigenvalue weighted by atomic mass is 9.98. The Labute approximate surface area is 166 Å². The summed E-state index contributed by atoms with van der Waals surface area (Å²) in [5, 5.41) is 8.88. The Kier molecular flexibility index (Phi) is 5.59. The minimum atomic E-state index is -0.111. The van der Waals surface area contributed by atoms with Gasteiger partial charge in [0.05, 0.1) is 17.8 Å². The van der Waals surface area contributed by atoms with E-state index in [2.05, 4.69) is 46.6 Å². The van der Waals surface area contributed by atoms with Gasteiger partial charge in [-0.05, 0) is 38.2 Å². The second-order valence-electron chi connectivity index (χ2n) is 6.75. The van der Waals surface area contributed by atoms with Crippen molar-refractivity contribution in [2.75, 3.05) is 5.32 Å². The first kappa shape index (κ1) is 18.3. The number of carbonyl (C=O) groups is 1. The summed E-state index contributed by atoms with van der Waals surface area (Å²) >= 11 is 3.28. The van der Waals surface area contributed by atoms with E-state index in [0.717, 1.165) is 52.7 Å². The number of thiazole rings is 1. The molecule has 2 aromatic heterocycles. The third-order valence-electron chi connectivity index (χ3n) is 4.57. The molecule has 1 aromatic carbocycles. The van der Waals surface area contributed by atoms with Gasteiger partial charge < -0.3 is 4.52 Å². The molecule has 0 bridgehead atoms. The van der Waals surface area contributed by atoms with Crippen molar-refractivity contribution in [2.24, 2.45) is 0 Å². The van der Waals surface area contributed by atoms with Gasteiger partial charge in [-0.25, -0.2) is 4.98 Å². The zero-order valence-corrected chi connectivity index (χ0v) is 16.8. The third-order valence-corrected chi connectivity index (χ3v) is 6.71. The fourth-order valence-corrected chi connectivity index (χ4v) is 4.89. The first-order chi connectivity index (χ1) is 13.2. The van der Waals surface area contributed by atoms with Crippen LogP contribution in [0.3, 0.4) is 0 Å². The predicted molar refractivity (Wildman–Crippen MR) is 108 cm³/mol. The van der Waals surface area contributed by atoms with E-state index in [-0.39, 0.29) is 12.3 Å².